The molecule has 1 unspecified atom stereocenters. The lowest BCUT2D eigenvalue weighted by atomic mass is 10.1. The highest BCUT2D eigenvalue weighted by atomic mass is 79.9. The van der Waals surface area contributed by atoms with Gasteiger partial charge in [0.1, 0.15) is 5.75 Å². The molecule has 4 aromatic rings. The van der Waals surface area contributed by atoms with Crippen molar-refractivity contribution in [1.29, 1.82) is 0 Å². The molecule has 31 heavy (non-hydrogen) atoms. The maximum Gasteiger partial charge on any atom is 0.170 e. The molecule has 0 aliphatic heterocycles. The lowest BCUT2D eigenvalue weighted by Crippen LogP contribution is -2.24. The first-order chi connectivity index (χ1) is 15.1. The number of nitrogens with zero attached hydrogens (tertiary/aromatic N) is 1. The van der Waals surface area contributed by atoms with Crippen LogP contribution in [0.3, 0.4) is 0 Å². The minimum Gasteiger partial charge on any atom is -0.494 e. The summed E-state index contributed by atoms with van der Waals surface area (Å²) in [6.45, 7) is 0.796. The van der Waals surface area contributed by atoms with Gasteiger partial charge in [-0.1, -0.05) is 34.1 Å². The van der Waals surface area contributed by atoms with Gasteiger partial charge in [0.05, 0.1) is 44.9 Å². The molecular weight excluding hydrogens is 460 g/mol. The average Bonchev–Trinajstić information content (AvgIpc) is 3.10. The molecule has 162 valence electrons. The number of methoxy groups -OCH3 is 3. The van der Waals surface area contributed by atoms with Gasteiger partial charge in [0.2, 0.25) is 0 Å². The lowest BCUT2D eigenvalue weighted by Gasteiger charge is -2.17. The standard InChI is InChI=1S/C24H25BrN2O4/c1-29-20-12-21(30-2)24(31-3)22-18-11-15(25)9-10-19(18)27(23(20)22)14-17(28)13-26-16-7-5-4-6-8-16/h4-12,17,26,28H,13-14H2,1-3H3. The summed E-state index contributed by atoms with van der Waals surface area (Å²) in [5.41, 5.74) is 2.80. The van der Waals surface area contributed by atoms with Crippen molar-refractivity contribution in [3.8, 4) is 17.2 Å². The van der Waals surface area contributed by atoms with Crippen LogP contribution in [0.5, 0.6) is 17.2 Å². The molecule has 3 aromatic carbocycles. The Bertz CT molecular complexity index is 1210. The molecule has 0 saturated heterocycles. The maximum atomic E-state index is 10.9. The predicted octanol–water partition coefficient (Wildman–Crippen LogP) is 5.06. The van der Waals surface area contributed by atoms with Gasteiger partial charge in [-0.2, -0.15) is 0 Å². The summed E-state index contributed by atoms with van der Waals surface area (Å²) >= 11 is 3.57. The minimum atomic E-state index is -0.625. The van der Waals surface area contributed by atoms with Gasteiger partial charge >= 0.3 is 0 Å². The van der Waals surface area contributed by atoms with E-state index in [1.54, 1.807) is 21.3 Å². The van der Waals surface area contributed by atoms with E-state index in [1.807, 2.05) is 54.6 Å². The zero-order chi connectivity index (χ0) is 22.0. The van der Waals surface area contributed by atoms with Crippen LogP contribution in [0.25, 0.3) is 21.8 Å². The second kappa shape index (κ2) is 9.08. The number of rotatable bonds is 8. The van der Waals surface area contributed by atoms with E-state index in [-0.39, 0.29) is 0 Å². The predicted molar refractivity (Wildman–Crippen MR) is 128 cm³/mol. The second-order valence-electron chi connectivity index (χ2n) is 7.21. The minimum absolute atomic E-state index is 0.382. The summed E-state index contributed by atoms with van der Waals surface area (Å²) in [4.78, 5) is 0. The number of fused-ring (bicyclic) bond motifs is 3. The highest BCUT2D eigenvalue weighted by Crippen LogP contribution is 2.46. The molecule has 2 N–H and O–H groups in total. The van der Waals surface area contributed by atoms with Gasteiger partial charge in [0.25, 0.3) is 0 Å². The smallest absolute Gasteiger partial charge is 0.170 e. The molecule has 0 fully saturated rings. The number of para-hydroxylation sites is 1. The van der Waals surface area contributed by atoms with Crippen molar-refractivity contribution < 1.29 is 19.3 Å². The summed E-state index contributed by atoms with van der Waals surface area (Å²) in [5.74, 6) is 1.89. The van der Waals surface area contributed by atoms with Gasteiger partial charge in [0.15, 0.2) is 11.5 Å². The summed E-state index contributed by atoms with van der Waals surface area (Å²) < 4.78 is 20.0. The zero-order valence-corrected chi connectivity index (χ0v) is 19.3. The van der Waals surface area contributed by atoms with Gasteiger partial charge in [-0.25, -0.2) is 0 Å². The molecule has 1 heterocycles. The molecule has 1 atom stereocenters. The van der Waals surface area contributed by atoms with E-state index in [1.165, 1.54) is 0 Å². The highest BCUT2D eigenvalue weighted by Gasteiger charge is 2.23. The monoisotopic (exact) mass is 484 g/mol. The second-order valence-corrected chi connectivity index (χ2v) is 8.13. The third kappa shape index (κ3) is 4.03. The van der Waals surface area contributed by atoms with Crippen LogP contribution in [0.2, 0.25) is 0 Å². The van der Waals surface area contributed by atoms with Gasteiger partial charge in [-0.05, 0) is 30.3 Å². The van der Waals surface area contributed by atoms with Crippen LogP contribution in [0.15, 0.2) is 59.1 Å². The van der Waals surface area contributed by atoms with Crippen molar-refractivity contribution in [2.45, 2.75) is 12.6 Å². The van der Waals surface area contributed by atoms with Crippen LogP contribution in [0.1, 0.15) is 0 Å². The number of anilines is 1. The Kier molecular flexibility index (Phi) is 6.25. The third-order valence-corrected chi connectivity index (χ3v) is 5.82. The fourth-order valence-electron chi connectivity index (χ4n) is 3.96. The third-order valence-electron chi connectivity index (χ3n) is 5.32. The number of aliphatic hydroxyl groups excluding tert-OH is 1. The molecule has 4 rings (SSSR count). The normalized spacial score (nSPS) is 12.2. The first kappa shape index (κ1) is 21.3. The molecular formula is C24H25BrN2O4. The molecule has 0 aliphatic rings. The van der Waals surface area contributed by atoms with Crippen LogP contribution in [0, 0.1) is 0 Å². The lowest BCUT2D eigenvalue weighted by molar-refractivity contribution is 0.169. The van der Waals surface area contributed by atoms with Crippen LogP contribution in [-0.4, -0.2) is 43.7 Å². The van der Waals surface area contributed by atoms with Gasteiger partial charge in [-0.15, -0.1) is 0 Å². The Morgan fingerprint density at radius 2 is 1.71 bits per heavy atom. The van der Waals surface area contributed by atoms with Crippen molar-refractivity contribution in [1.82, 2.24) is 4.57 Å². The number of benzene rings is 3. The molecule has 0 bridgehead atoms. The van der Waals surface area contributed by atoms with Crippen molar-refractivity contribution >= 4 is 43.4 Å². The Hall–Kier alpha value is -2.90. The van der Waals surface area contributed by atoms with E-state index < -0.39 is 6.10 Å². The Labute approximate surface area is 189 Å². The first-order valence-electron chi connectivity index (χ1n) is 9.94. The van der Waals surface area contributed by atoms with Crippen LogP contribution in [0.4, 0.5) is 5.69 Å². The summed E-state index contributed by atoms with van der Waals surface area (Å²) in [7, 11) is 4.87. The van der Waals surface area contributed by atoms with Crippen molar-refractivity contribution in [3.63, 3.8) is 0 Å². The fourth-order valence-corrected chi connectivity index (χ4v) is 4.32. The number of nitrogens with one attached hydrogen (secondary N) is 1. The number of ether oxygens (including phenoxy) is 3. The fraction of sp³-hybridized carbons (Fsp3) is 0.250. The van der Waals surface area contributed by atoms with Crippen LogP contribution < -0.4 is 19.5 Å². The topological polar surface area (TPSA) is 64.9 Å². The van der Waals surface area contributed by atoms with E-state index in [9.17, 15) is 5.11 Å². The highest BCUT2D eigenvalue weighted by molar-refractivity contribution is 9.10. The zero-order valence-electron chi connectivity index (χ0n) is 17.7. The van der Waals surface area contributed by atoms with Gasteiger partial charge in [0, 0.05) is 33.7 Å². The van der Waals surface area contributed by atoms with Gasteiger partial charge in [-0.3, -0.25) is 0 Å². The number of aliphatic hydroxyl groups is 1. The molecule has 0 radical (unpaired) electrons. The van der Waals surface area contributed by atoms with E-state index >= 15 is 0 Å². The molecule has 0 spiro atoms. The van der Waals surface area contributed by atoms with Crippen LogP contribution >= 0.6 is 15.9 Å². The Morgan fingerprint density at radius 1 is 0.968 bits per heavy atom. The quantitative estimate of drug-likeness (QED) is 0.366. The summed E-state index contributed by atoms with van der Waals surface area (Å²) in [5, 5.41) is 16.0. The number of hydrogen-bond donors (Lipinski definition) is 2. The average molecular weight is 485 g/mol. The molecule has 0 saturated carbocycles. The molecule has 6 nitrogen and oxygen atoms in total. The van der Waals surface area contributed by atoms with E-state index in [0.29, 0.717) is 30.3 Å². The van der Waals surface area contributed by atoms with Crippen molar-refractivity contribution in [2.24, 2.45) is 0 Å². The molecule has 1 aromatic heterocycles. The van der Waals surface area contributed by atoms with Gasteiger partial charge < -0.3 is 29.2 Å². The van der Waals surface area contributed by atoms with E-state index in [4.69, 9.17) is 14.2 Å². The largest absolute Gasteiger partial charge is 0.494 e. The van der Waals surface area contributed by atoms with Crippen LogP contribution in [-0.2, 0) is 6.54 Å². The summed E-state index contributed by atoms with van der Waals surface area (Å²) in [6, 6.07) is 17.7. The van der Waals surface area contributed by atoms with Crippen molar-refractivity contribution in [3.05, 3.63) is 59.1 Å². The Balaban J connectivity index is 1.83. The maximum absolute atomic E-state index is 10.9. The SMILES string of the molecule is COc1cc(OC)c2c(c1OC)c1cc(Br)ccc1n2CC(O)CNc1ccccc1. The molecule has 0 aliphatic carbocycles. The molecule has 0 amide bonds. The first-order valence-corrected chi connectivity index (χ1v) is 10.7. The number of aromatic nitrogens is 1. The summed E-state index contributed by atoms with van der Waals surface area (Å²) in [6.07, 6.45) is -0.625. The van der Waals surface area contributed by atoms with Crippen molar-refractivity contribution in [2.75, 3.05) is 33.2 Å². The van der Waals surface area contributed by atoms with E-state index in [2.05, 4.69) is 25.8 Å². The molecule has 7 heteroatoms. The number of halogens is 1. The van der Waals surface area contributed by atoms with E-state index in [0.717, 1.165) is 32.0 Å². The Morgan fingerprint density at radius 3 is 2.39 bits per heavy atom. The number of hydrogen-bond acceptors (Lipinski definition) is 5.